The third kappa shape index (κ3) is 0.924. The third-order valence-electron chi connectivity index (χ3n) is 1.33. The van der Waals surface area contributed by atoms with Crippen molar-refractivity contribution in [3.63, 3.8) is 0 Å². The Hall–Kier alpha value is -0.0800. The smallest absolute Gasteiger partial charge is 0.0821 e. The number of aliphatic hydroxyl groups is 1. The van der Waals surface area contributed by atoms with Crippen LogP contribution in [0.3, 0.4) is 0 Å². The van der Waals surface area contributed by atoms with Crippen LogP contribution >= 0.6 is 0 Å². The molecule has 1 rings (SSSR count). The van der Waals surface area contributed by atoms with Gasteiger partial charge in [-0.3, -0.25) is 0 Å². The number of ether oxygens (including phenoxy) is 1. The molecular weight excluding hydrogens is 92.1 g/mol. The Balaban J connectivity index is 2.33. The fourth-order valence-corrected chi connectivity index (χ4v) is 0.650. The standard InChI is InChI=1S/C5H10O2/c1-4-2-7-3-5(4)6/h4-6H,2-3H2,1H3/t4-,5-/m1/s1. The molecule has 0 radical (unpaired) electrons. The highest BCUT2D eigenvalue weighted by atomic mass is 16.5. The maximum Gasteiger partial charge on any atom is 0.0821 e. The van der Waals surface area contributed by atoms with Crippen molar-refractivity contribution in [2.45, 2.75) is 13.0 Å². The number of aliphatic hydroxyl groups excluding tert-OH is 1. The lowest BCUT2D eigenvalue weighted by Gasteiger charge is -2.00. The van der Waals surface area contributed by atoms with Gasteiger partial charge in [-0.2, -0.15) is 0 Å². The molecule has 0 aromatic carbocycles. The molecule has 0 spiro atoms. The maximum absolute atomic E-state index is 8.87. The molecule has 2 heteroatoms. The van der Waals surface area contributed by atoms with E-state index in [0.717, 1.165) is 6.61 Å². The van der Waals surface area contributed by atoms with Crippen molar-refractivity contribution in [3.05, 3.63) is 0 Å². The van der Waals surface area contributed by atoms with E-state index in [1.165, 1.54) is 0 Å². The van der Waals surface area contributed by atoms with E-state index < -0.39 is 0 Å². The Bertz CT molecular complexity index is 55.1. The monoisotopic (exact) mass is 102 g/mol. The lowest BCUT2D eigenvalue weighted by molar-refractivity contribution is 0.120. The summed E-state index contributed by atoms with van der Waals surface area (Å²) in [7, 11) is 0. The molecular formula is C5H10O2. The molecule has 1 fully saturated rings. The first kappa shape index (κ1) is 5.06. The van der Waals surface area contributed by atoms with Gasteiger partial charge in [0.2, 0.25) is 0 Å². The minimum absolute atomic E-state index is 0.208. The first-order valence-corrected chi connectivity index (χ1v) is 2.56. The van der Waals surface area contributed by atoms with Gasteiger partial charge in [-0.1, -0.05) is 6.92 Å². The van der Waals surface area contributed by atoms with E-state index in [0.29, 0.717) is 12.5 Å². The summed E-state index contributed by atoms with van der Waals surface area (Å²) in [5, 5.41) is 8.87. The van der Waals surface area contributed by atoms with Gasteiger partial charge in [0.1, 0.15) is 0 Å². The van der Waals surface area contributed by atoms with E-state index in [1.807, 2.05) is 6.92 Å². The van der Waals surface area contributed by atoms with Crippen molar-refractivity contribution in [2.24, 2.45) is 5.92 Å². The van der Waals surface area contributed by atoms with Gasteiger partial charge in [-0.15, -0.1) is 0 Å². The molecule has 1 saturated heterocycles. The predicted octanol–water partition coefficient (Wildman–Crippen LogP) is 0.0136. The summed E-state index contributed by atoms with van der Waals surface area (Å²) in [5.41, 5.74) is 0. The molecule has 2 atom stereocenters. The molecule has 2 nitrogen and oxygen atoms in total. The van der Waals surface area contributed by atoms with Crippen molar-refractivity contribution in [3.8, 4) is 0 Å². The maximum atomic E-state index is 8.87. The molecule has 7 heavy (non-hydrogen) atoms. The van der Waals surface area contributed by atoms with Crippen LogP contribution in [0.15, 0.2) is 0 Å². The summed E-state index contributed by atoms with van der Waals surface area (Å²) in [5.74, 6) is 0.347. The van der Waals surface area contributed by atoms with Crippen LogP contribution in [0, 0.1) is 5.92 Å². The second-order valence-electron chi connectivity index (χ2n) is 2.08. The van der Waals surface area contributed by atoms with Gasteiger partial charge in [0.15, 0.2) is 0 Å². The van der Waals surface area contributed by atoms with Crippen molar-refractivity contribution in [1.82, 2.24) is 0 Å². The van der Waals surface area contributed by atoms with Gasteiger partial charge >= 0.3 is 0 Å². The molecule has 0 saturated carbocycles. The zero-order valence-corrected chi connectivity index (χ0v) is 4.42. The van der Waals surface area contributed by atoms with Gasteiger partial charge < -0.3 is 9.84 Å². The lowest BCUT2D eigenvalue weighted by atomic mass is 10.1. The molecule has 1 aliphatic heterocycles. The Labute approximate surface area is 43.1 Å². The van der Waals surface area contributed by atoms with E-state index in [1.54, 1.807) is 0 Å². The van der Waals surface area contributed by atoms with Crippen LogP contribution in [0.1, 0.15) is 6.92 Å². The van der Waals surface area contributed by atoms with Crippen LogP contribution in [0.4, 0.5) is 0 Å². The number of rotatable bonds is 0. The van der Waals surface area contributed by atoms with Crippen molar-refractivity contribution in [2.75, 3.05) is 13.2 Å². The summed E-state index contributed by atoms with van der Waals surface area (Å²) in [6.45, 7) is 3.24. The Kier molecular flexibility index (Phi) is 1.30. The molecule has 0 amide bonds. The van der Waals surface area contributed by atoms with Crippen molar-refractivity contribution < 1.29 is 9.84 Å². The fraction of sp³-hybridized carbons (Fsp3) is 1.00. The van der Waals surface area contributed by atoms with Crippen LogP contribution in [0.5, 0.6) is 0 Å². The first-order chi connectivity index (χ1) is 3.30. The second kappa shape index (κ2) is 1.80. The quantitative estimate of drug-likeness (QED) is 0.467. The summed E-state index contributed by atoms with van der Waals surface area (Å²) in [6, 6.07) is 0. The Morgan fingerprint density at radius 2 is 2.29 bits per heavy atom. The molecule has 42 valence electrons. The largest absolute Gasteiger partial charge is 0.390 e. The van der Waals surface area contributed by atoms with Gasteiger partial charge in [-0.25, -0.2) is 0 Å². The SMILES string of the molecule is C[C@@H]1COC[C@H]1O. The van der Waals surface area contributed by atoms with Gasteiger partial charge in [0.05, 0.1) is 19.3 Å². The first-order valence-electron chi connectivity index (χ1n) is 2.56. The van der Waals surface area contributed by atoms with Gasteiger partial charge in [0, 0.05) is 5.92 Å². The Morgan fingerprint density at radius 3 is 2.43 bits per heavy atom. The average Bonchev–Trinajstić information content (AvgIpc) is 1.91. The van der Waals surface area contributed by atoms with Crippen molar-refractivity contribution >= 4 is 0 Å². The minimum Gasteiger partial charge on any atom is -0.390 e. The molecule has 0 bridgehead atoms. The average molecular weight is 102 g/mol. The van der Waals surface area contributed by atoms with Crippen molar-refractivity contribution in [1.29, 1.82) is 0 Å². The molecule has 0 aromatic rings. The number of hydrogen-bond acceptors (Lipinski definition) is 2. The molecule has 0 aromatic heterocycles. The molecule has 0 unspecified atom stereocenters. The minimum atomic E-state index is -0.208. The zero-order chi connectivity index (χ0) is 5.28. The predicted molar refractivity (Wildman–Crippen MR) is 26.0 cm³/mol. The highest BCUT2D eigenvalue weighted by Crippen LogP contribution is 2.10. The second-order valence-corrected chi connectivity index (χ2v) is 2.08. The van der Waals surface area contributed by atoms with E-state index in [9.17, 15) is 0 Å². The van der Waals surface area contributed by atoms with Crippen LogP contribution in [0.2, 0.25) is 0 Å². The number of hydrogen-bond donors (Lipinski definition) is 1. The molecule has 1 N–H and O–H groups in total. The molecule has 1 heterocycles. The van der Waals surface area contributed by atoms with Crippen LogP contribution < -0.4 is 0 Å². The van der Waals surface area contributed by atoms with E-state index in [4.69, 9.17) is 9.84 Å². The summed E-state index contributed by atoms with van der Waals surface area (Å²) in [4.78, 5) is 0. The highest BCUT2D eigenvalue weighted by molar-refractivity contribution is 4.68. The van der Waals surface area contributed by atoms with E-state index in [-0.39, 0.29) is 6.10 Å². The summed E-state index contributed by atoms with van der Waals surface area (Å²) < 4.78 is 4.92. The van der Waals surface area contributed by atoms with Gasteiger partial charge in [0.25, 0.3) is 0 Å². The van der Waals surface area contributed by atoms with Crippen LogP contribution in [-0.4, -0.2) is 24.4 Å². The zero-order valence-electron chi connectivity index (χ0n) is 4.42. The topological polar surface area (TPSA) is 29.5 Å². The fourth-order valence-electron chi connectivity index (χ4n) is 0.650. The molecule has 0 aliphatic carbocycles. The third-order valence-corrected chi connectivity index (χ3v) is 1.33. The van der Waals surface area contributed by atoms with E-state index in [2.05, 4.69) is 0 Å². The van der Waals surface area contributed by atoms with Crippen LogP contribution in [-0.2, 0) is 4.74 Å². The normalized spacial score (nSPS) is 42.0. The van der Waals surface area contributed by atoms with E-state index >= 15 is 0 Å². The molecule has 1 aliphatic rings. The summed E-state index contributed by atoms with van der Waals surface area (Å²) in [6.07, 6.45) is -0.208. The summed E-state index contributed by atoms with van der Waals surface area (Å²) >= 11 is 0. The highest BCUT2D eigenvalue weighted by Gasteiger charge is 2.20. The Morgan fingerprint density at radius 1 is 1.57 bits per heavy atom. The van der Waals surface area contributed by atoms with Gasteiger partial charge in [-0.05, 0) is 0 Å². The van der Waals surface area contributed by atoms with Crippen LogP contribution in [0.25, 0.3) is 0 Å². The lowest BCUT2D eigenvalue weighted by Crippen LogP contribution is -2.13.